The van der Waals surface area contributed by atoms with Gasteiger partial charge in [0.1, 0.15) is 0 Å². The first kappa shape index (κ1) is 15.2. The maximum Gasteiger partial charge on any atom is 0.230 e. The van der Waals surface area contributed by atoms with Gasteiger partial charge in [-0.05, 0) is 24.5 Å². The number of rotatable bonds is 3. The van der Waals surface area contributed by atoms with E-state index in [4.69, 9.17) is 0 Å². The smallest absolute Gasteiger partial charge is 0.230 e. The van der Waals surface area contributed by atoms with Crippen molar-refractivity contribution < 1.29 is 14.4 Å². The number of hydrogen-bond donors (Lipinski definition) is 0. The van der Waals surface area contributed by atoms with E-state index in [9.17, 15) is 14.4 Å². The van der Waals surface area contributed by atoms with Crippen LogP contribution in [-0.4, -0.2) is 60.7 Å². The van der Waals surface area contributed by atoms with Crippen molar-refractivity contribution in [1.29, 1.82) is 0 Å². The van der Waals surface area contributed by atoms with E-state index in [-0.39, 0.29) is 23.7 Å². The molecule has 0 radical (unpaired) electrons. The van der Waals surface area contributed by atoms with Crippen LogP contribution in [-0.2, 0) is 20.8 Å². The molecule has 6 heteroatoms. The number of piperazine rings is 1. The summed E-state index contributed by atoms with van der Waals surface area (Å²) in [5.74, 6) is -0.183. The third kappa shape index (κ3) is 2.56. The van der Waals surface area contributed by atoms with Gasteiger partial charge >= 0.3 is 0 Å². The van der Waals surface area contributed by atoms with E-state index in [2.05, 4.69) is 6.07 Å². The van der Waals surface area contributed by atoms with Gasteiger partial charge in [0.05, 0.1) is 11.8 Å². The van der Waals surface area contributed by atoms with Gasteiger partial charge in [0, 0.05) is 38.4 Å². The highest BCUT2D eigenvalue weighted by molar-refractivity contribution is 6.02. The van der Waals surface area contributed by atoms with E-state index in [1.54, 1.807) is 9.80 Å². The lowest BCUT2D eigenvalue weighted by Crippen LogP contribution is -2.49. The Morgan fingerprint density at radius 1 is 0.958 bits per heavy atom. The van der Waals surface area contributed by atoms with E-state index < -0.39 is 0 Å². The van der Waals surface area contributed by atoms with Crippen molar-refractivity contribution in [2.45, 2.75) is 12.8 Å². The molecule has 1 aromatic rings. The summed E-state index contributed by atoms with van der Waals surface area (Å²) in [7, 11) is 0. The summed E-state index contributed by atoms with van der Waals surface area (Å²) in [6.45, 7) is 3.02. The summed E-state index contributed by atoms with van der Waals surface area (Å²) in [5.41, 5.74) is 2.21. The molecule has 0 bridgehead atoms. The van der Waals surface area contributed by atoms with Gasteiger partial charge in [-0.15, -0.1) is 0 Å². The lowest BCUT2D eigenvalue weighted by Gasteiger charge is -2.32. The maximum absolute atomic E-state index is 12.8. The number of hydrogen-bond acceptors (Lipinski definition) is 3. The Labute approximate surface area is 141 Å². The molecule has 0 spiro atoms. The van der Waals surface area contributed by atoms with Gasteiger partial charge in [0.25, 0.3) is 0 Å². The van der Waals surface area contributed by atoms with E-state index in [1.165, 1.54) is 5.56 Å². The van der Waals surface area contributed by atoms with Crippen LogP contribution in [0.1, 0.15) is 12.0 Å². The van der Waals surface area contributed by atoms with Crippen LogP contribution in [0.3, 0.4) is 0 Å². The number of anilines is 1. The Balaban J connectivity index is 1.37. The highest BCUT2D eigenvalue weighted by Gasteiger charge is 2.51. The summed E-state index contributed by atoms with van der Waals surface area (Å²) in [6, 6.07) is 7.99. The molecule has 4 rings (SSSR count). The minimum absolute atomic E-state index is 0.0754. The van der Waals surface area contributed by atoms with Crippen LogP contribution in [0.4, 0.5) is 5.69 Å². The molecule has 0 aromatic heterocycles. The topological polar surface area (TPSA) is 60.9 Å². The normalized spacial score (nSPS) is 25.4. The first-order valence-electron chi connectivity index (χ1n) is 8.56. The highest BCUT2D eigenvalue weighted by Crippen LogP contribution is 2.43. The predicted octanol–water partition coefficient (Wildman–Crippen LogP) is 0.512. The fourth-order valence-electron chi connectivity index (χ4n) is 3.79. The van der Waals surface area contributed by atoms with E-state index >= 15 is 0 Å². The molecule has 2 heterocycles. The number of para-hydroxylation sites is 1. The molecule has 3 aliphatic rings. The number of fused-ring (bicyclic) bond motifs is 1. The molecule has 1 aliphatic carbocycles. The fraction of sp³-hybridized carbons (Fsp3) is 0.500. The van der Waals surface area contributed by atoms with Gasteiger partial charge < -0.3 is 14.7 Å². The maximum atomic E-state index is 12.8. The Morgan fingerprint density at radius 2 is 1.67 bits per heavy atom. The van der Waals surface area contributed by atoms with Gasteiger partial charge in [-0.3, -0.25) is 14.4 Å². The standard InChI is InChI=1S/C18H21N3O3/c22-12-19-7-9-20(10-8-19)17(23)14-11-15(14)18(24)21-6-5-13-3-1-2-4-16(13)21/h1-4,12,14-15H,5-11H2. The third-order valence-electron chi connectivity index (χ3n) is 5.35. The number of carbonyl (C=O) groups is 3. The summed E-state index contributed by atoms with van der Waals surface area (Å²) in [5, 5.41) is 0. The quantitative estimate of drug-likeness (QED) is 0.760. The lowest BCUT2D eigenvalue weighted by atomic mass is 10.2. The van der Waals surface area contributed by atoms with Crippen LogP contribution in [0.15, 0.2) is 24.3 Å². The van der Waals surface area contributed by atoms with Crippen molar-refractivity contribution in [1.82, 2.24) is 9.80 Å². The van der Waals surface area contributed by atoms with E-state index in [0.29, 0.717) is 39.1 Å². The van der Waals surface area contributed by atoms with E-state index in [1.807, 2.05) is 23.1 Å². The Hall–Kier alpha value is -2.37. The van der Waals surface area contributed by atoms with Gasteiger partial charge in [-0.1, -0.05) is 18.2 Å². The molecule has 3 amide bonds. The Bertz CT molecular complexity index is 682. The molecular formula is C18H21N3O3. The van der Waals surface area contributed by atoms with Crippen molar-refractivity contribution in [3.63, 3.8) is 0 Å². The summed E-state index contributed by atoms with van der Waals surface area (Å²) >= 11 is 0. The number of amides is 3. The van der Waals surface area contributed by atoms with Crippen LogP contribution in [0.2, 0.25) is 0 Å². The van der Waals surface area contributed by atoms with Crippen LogP contribution in [0.25, 0.3) is 0 Å². The minimum Gasteiger partial charge on any atom is -0.342 e. The Morgan fingerprint density at radius 3 is 2.42 bits per heavy atom. The molecule has 24 heavy (non-hydrogen) atoms. The SMILES string of the molecule is O=CN1CCN(C(=O)C2CC2C(=O)N2CCc3ccccc32)CC1. The molecule has 1 saturated carbocycles. The van der Waals surface area contributed by atoms with Gasteiger partial charge in [0.15, 0.2) is 0 Å². The number of carbonyl (C=O) groups excluding carboxylic acids is 3. The minimum atomic E-state index is -0.173. The number of nitrogens with zero attached hydrogens (tertiary/aromatic N) is 3. The van der Waals surface area contributed by atoms with Crippen molar-refractivity contribution >= 4 is 23.9 Å². The predicted molar refractivity (Wildman–Crippen MR) is 88.3 cm³/mol. The summed E-state index contributed by atoms with van der Waals surface area (Å²) in [4.78, 5) is 41.4. The van der Waals surface area contributed by atoms with Crippen LogP contribution >= 0.6 is 0 Å². The molecule has 2 atom stereocenters. The average molecular weight is 327 g/mol. The molecule has 2 unspecified atom stereocenters. The van der Waals surface area contributed by atoms with Gasteiger partial charge in [-0.25, -0.2) is 0 Å². The van der Waals surface area contributed by atoms with Crippen LogP contribution < -0.4 is 4.90 Å². The molecule has 2 fully saturated rings. The van der Waals surface area contributed by atoms with Gasteiger partial charge in [-0.2, -0.15) is 0 Å². The Kier molecular flexibility index (Phi) is 3.75. The second-order valence-electron chi connectivity index (χ2n) is 6.78. The summed E-state index contributed by atoms with van der Waals surface area (Å²) < 4.78 is 0. The van der Waals surface area contributed by atoms with Crippen molar-refractivity contribution in [2.24, 2.45) is 11.8 Å². The number of benzene rings is 1. The fourth-order valence-corrected chi connectivity index (χ4v) is 3.79. The molecular weight excluding hydrogens is 306 g/mol. The van der Waals surface area contributed by atoms with Crippen LogP contribution in [0, 0.1) is 11.8 Å². The molecule has 1 saturated heterocycles. The first-order valence-corrected chi connectivity index (χ1v) is 8.56. The molecule has 0 N–H and O–H groups in total. The lowest BCUT2D eigenvalue weighted by molar-refractivity contribution is -0.137. The third-order valence-corrected chi connectivity index (χ3v) is 5.35. The zero-order chi connectivity index (χ0) is 16.7. The van der Waals surface area contributed by atoms with Gasteiger partial charge in [0.2, 0.25) is 18.2 Å². The molecule has 126 valence electrons. The first-order chi connectivity index (χ1) is 11.7. The average Bonchev–Trinajstić information content (AvgIpc) is 3.32. The largest absolute Gasteiger partial charge is 0.342 e. The molecule has 6 nitrogen and oxygen atoms in total. The second kappa shape index (κ2) is 5.92. The zero-order valence-corrected chi connectivity index (χ0v) is 13.6. The van der Waals surface area contributed by atoms with Crippen LogP contribution in [0.5, 0.6) is 0 Å². The molecule has 1 aromatic carbocycles. The summed E-state index contributed by atoms with van der Waals surface area (Å²) in [6.07, 6.45) is 2.38. The monoisotopic (exact) mass is 327 g/mol. The second-order valence-corrected chi connectivity index (χ2v) is 6.78. The molecule has 2 aliphatic heterocycles. The van der Waals surface area contributed by atoms with E-state index in [0.717, 1.165) is 18.5 Å². The van der Waals surface area contributed by atoms with Crippen molar-refractivity contribution in [3.8, 4) is 0 Å². The van der Waals surface area contributed by atoms with Crippen molar-refractivity contribution in [2.75, 3.05) is 37.6 Å². The highest BCUT2D eigenvalue weighted by atomic mass is 16.2. The zero-order valence-electron chi connectivity index (χ0n) is 13.6. The van der Waals surface area contributed by atoms with Crippen molar-refractivity contribution in [3.05, 3.63) is 29.8 Å².